The molecule has 18 heavy (non-hydrogen) atoms. The number of aromatic nitrogens is 1. The summed E-state index contributed by atoms with van der Waals surface area (Å²) in [4.78, 5) is 4.43. The van der Waals surface area contributed by atoms with Crippen molar-refractivity contribution in [1.29, 1.82) is 0 Å². The van der Waals surface area contributed by atoms with Crippen LogP contribution >= 0.6 is 27.3 Å². The van der Waals surface area contributed by atoms with Gasteiger partial charge in [-0.25, -0.2) is 4.98 Å². The summed E-state index contributed by atoms with van der Waals surface area (Å²) in [5, 5.41) is 0.721. The van der Waals surface area contributed by atoms with Gasteiger partial charge in [0.2, 0.25) is 0 Å². The van der Waals surface area contributed by atoms with Crippen molar-refractivity contribution in [1.82, 2.24) is 4.98 Å². The number of rotatable bonds is 3. The molecule has 4 heteroatoms. The molecule has 0 aliphatic heterocycles. The highest BCUT2D eigenvalue weighted by Crippen LogP contribution is 2.27. The third-order valence-corrected chi connectivity index (χ3v) is 4.03. The summed E-state index contributed by atoms with van der Waals surface area (Å²) in [7, 11) is 0. The zero-order valence-electron chi connectivity index (χ0n) is 9.47. The monoisotopic (exact) mass is 319 g/mol. The highest BCUT2D eigenvalue weighted by atomic mass is 79.9. The van der Waals surface area contributed by atoms with E-state index < -0.39 is 0 Å². The van der Waals surface area contributed by atoms with Crippen LogP contribution in [0.5, 0.6) is 5.19 Å². The summed E-state index contributed by atoms with van der Waals surface area (Å²) < 4.78 is 7.94. The predicted octanol–water partition coefficient (Wildman–Crippen LogP) is 4.64. The van der Waals surface area contributed by atoms with E-state index in [-0.39, 0.29) is 0 Å². The van der Waals surface area contributed by atoms with Gasteiger partial charge in [-0.1, -0.05) is 51.5 Å². The van der Waals surface area contributed by atoms with Gasteiger partial charge in [-0.05, 0) is 29.8 Å². The van der Waals surface area contributed by atoms with E-state index in [9.17, 15) is 0 Å². The fourth-order valence-electron chi connectivity index (χ4n) is 1.64. The van der Waals surface area contributed by atoms with Crippen LogP contribution in [0.3, 0.4) is 0 Å². The van der Waals surface area contributed by atoms with Crippen molar-refractivity contribution in [3.8, 4) is 5.19 Å². The van der Waals surface area contributed by atoms with Crippen LogP contribution in [0, 0.1) is 0 Å². The molecule has 2 nitrogen and oxygen atoms in total. The molecule has 3 aromatic rings. The molecule has 0 fully saturated rings. The summed E-state index contributed by atoms with van der Waals surface area (Å²) >= 11 is 4.99. The van der Waals surface area contributed by atoms with Crippen LogP contribution in [0.4, 0.5) is 0 Å². The van der Waals surface area contributed by atoms with Gasteiger partial charge in [0.15, 0.2) is 0 Å². The molecule has 1 aromatic heterocycles. The predicted molar refractivity (Wildman–Crippen MR) is 78.1 cm³/mol. The lowest BCUT2D eigenvalue weighted by Crippen LogP contribution is -1.94. The Bertz CT molecular complexity index is 630. The number of hydrogen-bond acceptors (Lipinski definition) is 3. The first-order chi connectivity index (χ1) is 8.81. The summed E-state index contributed by atoms with van der Waals surface area (Å²) in [6.45, 7) is 0.549. The smallest absolute Gasteiger partial charge is 0.274 e. The van der Waals surface area contributed by atoms with Crippen LogP contribution in [-0.2, 0) is 6.61 Å². The third-order valence-electron chi connectivity index (χ3n) is 2.55. The maximum absolute atomic E-state index is 5.71. The largest absolute Gasteiger partial charge is 0.465 e. The Kier molecular flexibility index (Phi) is 3.30. The highest BCUT2D eigenvalue weighted by Gasteiger charge is 2.04. The maximum atomic E-state index is 5.71. The molecule has 3 rings (SSSR count). The summed E-state index contributed by atoms with van der Waals surface area (Å²) in [5.41, 5.74) is 2.13. The van der Waals surface area contributed by atoms with Gasteiger partial charge in [-0.3, -0.25) is 0 Å². The SMILES string of the molecule is Brc1ccc(COc2nc3ccccc3s2)cc1. The van der Waals surface area contributed by atoms with E-state index in [0.717, 1.165) is 25.4 Å². The van der Waals surface area contributed by atoms with Crippen LogP contribution in [-0.4, -0.2) is 4.98 Å². The molecule has 0 aliphatic rings. The van der Waals surface area contributed by atoms with E-state index in [1.54, 1.807) is 11.3 Å². The van der Waals surface area contributed by atoms with Gasteiger partial charge < -0.3 is 4.74 Å². The zero-order chi connectivity index (χ0) is 12.4. The standard InChI is InChI=1S/C14H10BrNOS/c15-11-7-5-10(6-8-11)9-17-14-16-12-3-1-2-4-13(12)18-14/h1-8H,9H2. The Labute approximate surface area is 117 Å². The minimum absolute atomic E-state index is 0.549. The first kappa shape index (κ1) is 11.7. The Morgan fingerprint density at radius 1 is 1.06 bits per heavy atom. The second kappa shape index (κ2) is 5.08. The molecule has 90 valence electrons. The summed E-state index contributed by atoms with van der Waals surface area (Å²) in [6.07, 6.45) is 0. The van der Waals surface area contributed by atoms with Gasteiger partial charge >= 0.3 is 0 Å². The minimum Gasteiger partial charge on any atom is -0.465 e. The Morgan fingerprint density at radius 3 is 2.61 bits per heavy atom. The fraction of sp³-hybridized carbons (Fsp3) is 0.0714. The van der Waals surface area contributed by atoms with Gasteiger partial charge in [-0.15, -0.1) is 0 Å². The maximum Gasteiger partial charge on any atom is 0.274 e. The van der Waals surface area contributed by atoms with Crippen LogP contribution in [0.1, 0.15) is 5.56 Å². The van der Waals surface area contributed by atoms with Crippen LogP contribution in [0.2, 0.25) is 0 Å². The number of nitrogens with zero attached hydrogens (tertiary/aromatic N) is 1. The Hall–Kier alpha value is -1.39. The number of hydrogen-bond donors (Lipinski definition) is 0. The average molecular weight is 320 g/mol. The molecule has 0 atom stereocenters. The van der Waals surface area contributed by atoms with E-state index in [1.165, 1.54) is 0 Å². The highest BCUT2D eigenvalue weighted by molar-refractivity contribution is 9.10. The van der Waals surface area contributed by atoms with Gasteiger partial charge in [0.1, 0.15) is 6.61 Å². The minimum atomic E-state index is 0.549. The van der Waals surface area contributed by atoms with Gasteiger partial charge in [0.05, 0.1) is 10.2 Å². The van der Waals surface area contributed by atoms with Gasteiger partial charge in [0.25, 0.3) is 5.19 Å². The molecule has 0 unspecified atom stereocenters. The number of halogens is 1. The molecule has 0 spiro atoms. The van der Waals surface area contributed by atoms with Gasteiger partial charge in [-0.2, -0.15) is 0 Å². The molecule has 2 aromatic carbocycles. The molecule has 0 aliphatic carbocycles. The lowest BCUT2D eigenvalue weighted by atomic mass is 10.2. The van der Waals surface area contributed by atoms with Crippen molar-refractivity contribution in [3.63, 3.8) is 0 Å². The Balaban J connectivity index is 1.74. The van der Waals surface area contributed by atoms with Crippen molar-refractivity contribution in [3.05, 3.63) is 58.6 Å². The van der Waals surface area contributed by atoms with E-state index >= 15 is 0 Å². The second-order valence-corrected chi connectivity index (χ2v) is 5.77. The lowest BCUT2D eigenvalue weighted by molar-refractivity contribution is 0.305. The number of fused-ring (bicyclic) bond motifs is 1. The average Bonchev–Trinajstić information content (AvgIpc) is 2.81. The molecule has 1 heterocycles. The molecule has 0 saturated heterocycles. The van der Waals surface area contributed by atoms with Crippen molar-refractivity contribution in [2.24, 2.45) is 0 Å². The quantitative estimate of drug-likeness (QED) is 0.701. The van der Waals surface area contributed by atoms with Crippen molar-refractivity contribution < 1.29 is 4.74 Å². The molecule has 0 N–H and O–H groups in total. The summed E-state index contributed by atoms with van der Waals surface area (Å²) in [5.74, 6) is 0. The topological polar surface area (TPSA) is 22.1 Å². The molecular weight excluding hydrogens is 310 g/mol. The van der Waals surface area contributed by atoms with E-state index in [4.69, 9.17) is 4.74 Å². The van der Waals surface area contributed by atoms with Crippen LogP contribution in [0.15, 0.2) is 53.0 Å². The molecular formula is C14H10BrNOS. The first-order valence-corrected chi connectivity index (χ1v) is 7.15. The lowest BCUT2D eigenvalue weighted by Gasteiger charge is -2.02. The fourth-order valence-corrected chi connectivity index (χ4v) is 2.72. The van der Waals surface area contributed by atoms with Crippen molar-refractivity contribution >= 4 is 37.5 Å². The zero-order valence-corrected chi connectivity index (χ0v) is 11.9. The number of thiazole rings is 1. The molecule has 0 radical (unpaired) electrons. The normalized spacial score (nSPS) is 10.7. The van der Waals surface area contributed by atoms with Crippen molar-refractivity contribution in [2.45, 2.75) is 6.61 Å². The number of para-hydroxylation sites is 1. The number of benzene rings is 2. The van der Waals surface area contributed by atoms with Crippen molar-refractivity contribution in [2.75, 3.05) is 0 Å². The third kappa shape index (κ3) is 2.54. The van der Waals surface area contributed by atoms with Gasteiger partial charge in [0, 0.05) is 4.47 Å². The Morgan fingerprint density at radius 2 is 1.83 bits per heavy atom. The molecule has 0 saturated carbocycles. The second-order valence-electron chi connectivity index (χ2n) is 3.86. The number of ether oxygens (including phenoxy) is 1. The van der Waals surface area contributed by atoms with E-state index in [1.807, 2.05) is 42.5 Å². The van der Waals surface area contributed by atoms with E-state index in [2.05, 4.69) is 27.0 Å². The first-order valence-electron chi connectivity index (χ1n) is 5.54. The molecule has 0 amide bonds. The van der Waals surface area contributed by atoms with E-state index in [0.29, 0.717) is 6.61 Å². The van der Waals surface area contributed by atoms with Crippen LogP contribution in [0.25, 0.3) is 10.2 Å². The summed E-state index contributed by atoms with van der Waals surface area (Å²) in [6, 6.07) is 16.2. The van der Waals surface area contributed by atoms with Crippen LogP contribution < -0.4 is 4.74 Å². The molecule has 0 bridgehead atoms.